The van der Waals surface area contributed by atoms with Gasteiger partial charge in [0, 0.05) is 5.57 Å². The molecule has 0 spiro atoms. The van der Waals surface area contributed by atoms with E-state index >= 15 is 0 Å². The molecule has 4 heteroatoms. The van der Waals surface area contributed by atoms with Crippen molar-refractivity contribution >= 4 is 23.2 Å². The predicted octanol–water partition coefficient (Wildman–Crippen LogP) is 4.61. The van der Waals surface area contributed by atoms with Gasteiger partial charge in [0.2, 0.25) is 0 Å². The molecular weight excluding hydrogens is 312 g/mol. The molecule has 1 unspecified atom stereocenters. The standard InChI is InChI=1S/C19H21ClO3/c1-5-11(2)8-12(3)6-7-14-9-15-16(10-23-14)18(21)13(4)19(22)17(15)20/h6-11,13H,5H2,1-4H3/b7-6+,12-8+/t11-,13?/m0/s1. The van der Waals surface area contributed by atoms with Crippen LogP contribution < -0.4 is 0 Å². The van der Waals surface area contributed by atoms with Crippen molar-refractivity contribution in [2.45, 2.75) is 34.1 Å². The number of ether oxygens (including phenoxy) is 1. The number of rotatable bonds is 4. The summed E-state index contributed by atoms with van der Waals surface area (Å²) in [4.78, 5) is 24.1. The Labute approximate surface area is 142 Å². The topological polar surface area (TPSA) is 43.4 Å². The van der Waals surface area contributed by atoms with Crippen molar-refractivity contribution in [3.05, 3.63) is 58.1 Å². The molecule has 0 amide bonds. The normalized spacial score (nSPS) is 23.5. The first-order valence-electron chi connectivity index (χ1n) is 7.78. The van der Waals surface area contributed by atoms with Crippen LogP contribution in [-0.2, 0) is 14.3 Å². The second-order valence-corrected chi connectivity index (χ2v) is 6.38. The highest BCUT2D eigenvalue weighted by molar-refractivity contribution is 6.47. The first-order valence-corrected chi connectivity index (χ1v) is 8.16. The van der Waals surface area contributed by atoms with Gasteiger partial charge in [-0.05, 0) is 31.9 Å². The lowest BCUT2D eigenvalue weighted by Crippen LogP contribution is -2.30. The zero-order chi connectivity index (χ0) is 17.1. The monoisotopic (exact) mass is 332 g/mol. The Kier molecular flexibility index (Phi) is 5.42. The van der Waals surface area contributed by atoms with Gasteiger partial charge in [0.15, 0.2) is 11.6 Å². The summed E-state index contributed by atoms with van der Waals surface area (Å²) in [5.41, 5.74) is 1.95. The van der Waals surface area contributed by atoms with Crippen LogP contribution in [0.15, 0.2) is 58.1 Å². The van der Waals surface area contributed by atoms with Gasteiger partial charge in [0.1, 0.15) is 12.0 Å². The summed E-state index contributed by atoms with van der Waals surface area (Å²) in [6.07, 6.45) is 10.1. The molecule has 2 aliphatic rings. The van der Waals surface area contributed by atoms with E-state index in [1.807, 2.05) is 19.1 Å². The number of Topliss-reactive ketones (excluding diaryl/α,β-unsaturated/α-hetero) is 2. The molecule has 0 N–H and O–H groups in total. The fraction of sp³-hybridized carbons (Fsp3) is 0.368. The molecule has 1 aliphatic heterocycles. The molecule has 0 radical (unpaired) electrons. The maximum absolute atomic E-state index is 12.1. The highest BCUT2D eigenvalue weighted by atomic mass is 35.5. The highest BCUT2D eigenvalue weighted by Crippen LogP contribution is 2.35. The van der Waals surface area contributed by atoms with Crippen molar-refractivity contribution < 1.29 is 14.3 Å². The third kappa shape index (κ3) is 3.73. The van der Waals surface area contributed by atoms with Crippen LogP contribution in [0.2, 0.25) is 0 Å². The fourth-order valence-electron chi connectivity index (χ4n) is 2.42. The Morgan fingerprint density at radius 1 is 1.39 bits per heavy atom. The Balaban J connectivity index is 2.26. The maximum Gasteiger partial charge on any atom is 0.185 e. The minimum Gasteiger partial charge on any atom is -0.464 e. The molecular formula is C19H21ClO3. The van der Waals surface area contributed by atoms with Crippen molar-refractivity contribution in [3.8, 4) is 0 Å². The number of carbonyl (C=O) groups excluding carboxylic acids is 2. The summed E-state index contributed by atoms with van der Waals surface area (Å²) in [6.45, 7) is 7.89. The molecule has 2 atom stereocenters. The van der Waals surface area contributed by atoms with E-state index in [1.165, 1.54) is 6.26 Å². The van der Waals surface area contributed by atoms with Crippen molar-refractivity contribution in [1.29, 1.82) is 0 Å². The van der Waals surface area contributed by atoms with Crippen molar-refractivity contribution in [3.63, 3.8) is 0 Å². The summed E-state index contributed by atoms with van der Waals surface area (Å²) in [7, 11) is 0. The van der Waals surface area contributed by atoms with Gasteiger partial charge in [-0.1, -0.05) is 49.6 Å². The Bertz CT molecular complexity index is 689. The summed E-state index contributed by atoms with van der Waals surface area (Å²) >= 11 is 6.12. The van der Waals surface area contributed by atoms with E-state index in [-0.39, 0.29) is 16.6 Å². The van der Waals surface area contributed by atoms with Crippen LogP contribution in [0.25, 0.3) is 0 Å². The molecule has 1 heterocycles. The largest absolute Gasteiger partial charge is 0.464 e. The third-order valence-electron chi connectivity index (χ3n) is 4.10. The predicted molar refractivity (Wildman–Crippen MR) is 91.7 cm³/mol. The van der Waals surface area contributed by atoms with Crippen molar-refractivity contribution in [1.82, 2.24) is 0 Å². The Morgan fingerprint density at radius 3 is 2.74 bits per heavy atom. The molecule has 3 nitrogen and oxygen atoms in total. The smallest absolute Gasteiger partial charge is 0.185 e. The van der Waals surface area contributed by atoms with E-state index in [9.17, 15) is 9.59 Å². The summed E-state index contributed by atoms with van der Waals surface area (Å²) in [5.74, 6) is -0.263. The average Bonchev–Trinajstić information content (AvgIpc) is 2.55. The molecule has 0 fully saturated rings. The third-order valence-corrected chi connectivity index (χ3v) is 4.49. The van der Waals surface area contributed by atoms with E-state index in [0.29, 0.717) is 22.8 Å². The first kappa shape index (κ1) is 17.5. The van der Waals surface area contributed by atoms with Crippen LogP contribution in [0, 0.1) is 11.8 Å². The fourth-order valence-corrected chi connectivity index (χ4v) is 2.74. The van der Waals surface area contributed by atoms with Gasteiger partial charge in [0.05, 0.1) is 16.5 Å². The summed E-state index contributed by atoms with van der Waals surface area (Å²) in [6, 6.07) is 0. The van der Waals surface area contributed by atoms with Gasteiger partial charge >= 0.3 is 0 Å². The SMILES string of the molecule is CC[C@H](C)/C=C(C)/C=C/C1=CC2=C(Cl)C(=O)C(C)C(=O)C2=CO1. The lowest BCUT2D eigenvalue weighted by molar-refractivity contribution is -0.128. The van der Waals surface area contributed by atoms with Crippen LogP contribution >= 0.6 is 11.6 Å². The molecule has 0 bridgehead atoms. The average molecular weight is 333 g/mol. The molecule has 0 aromatic carbocycles. The second-order valence-electron chi connectivity index (χ2n) is 6.00. The Hall–Kier alpha value is -1.87. The number of allylic oxidation sites excluding steroid dienone is 8. The molecule has 0 saturated heterocycles. The van der Waals surface area contributed by atoms with E-state index in [0.717, 1.165) is 12.0 Å². The summed E-state index contributed by atoms with van der Waals surface area (Å²) in [5, 5.41) is 0.101. The van der Waals surface area contributed by atoms with Gasteiger partial charge in [0.25, 0.3) is 0 Å². The van der Waals surface area contributed by atoms with Crippen molar-refractivity contribution in [2.24, 2.45) is 11.8 Å². The van der Waals surface area contributed by atoms with E-state index < -0.39 is 5.92 Å². The van der Waals surface area contributed by atoms with Crippen LogP contribution in [0.5, 0.6) is 0 Å². The summed E-state index contributed by atoms with van der Waals surface area (Å²) < 4.78 is 5.49. The number of ketones is 2. The van der Waals surface area contributed by atoms with Gasteiger partial charge < -0.3 is 4.74 Å². The van der Waals surface area contributed by atoms with E-state index in [4.69, 9.17) is 16.3 Å². The lowest BCUT2D eigenvalue weighted by Gasteiger charge is -2.23. The van der Waals surface area contributed by atoms with Crippen LogP contribution in [-0.4, -0.2) is 11.6 Å². The van der Waals surface area contributed by atoms with E-state index in [2.05, 4.69) is 19.9 Å². The molecule has 0 saturated carbocycles. The number of hydrogen-bond donors (Lipinski definition) is 0. The highest BCUT2D eigenvalue weighted by Gasteiger charge is 2.36. The van der Waals surface area contributed by atoms with Gasteiger partial charge in [-0.15, -0.1) is 0 Å². The van der Waals surface area contributed by atoms with Crippen LogP contribution in [0.3, 0.4) is 0 Å². The Morgan fingerprint density at radius 2 is 2.09 bits per heavy atom. The number of fused-ring (bicyclic) bond motifs is 1. The van der Waals surface area contributed by atoms with Gasteiger partial charge in [-0.2, -0.15) is 0 Å². The zero-order valence-electron chi connectivity index (χ0n) is 13.9. The minimum atomic E-state index is -0.743. The molecule has 2 rings (SSSR count). The van der Waals surface area contributed by atoms with Gasteiger partial charge in [-0.3, -0.25) is 9.59 Å². The number of halogens is 1. The minimum absolute atomic E-state index is 0.101. The second kappa shape index (κ2) is 7.14. The molecule has 23 heavy (non-hydrogen) atoms. The quantitative estimate of drug-likeness (QED) is 0.557. The maximum atomic E-state index is 12.1. The van der Waals surface area contributed by atoms with Crippen LogP contribution in [0.4, 0.5) is 0 Å². The van der Waals surface area contributed by atoms with E-state index in [1.54, 1.807) is 13.0 Å². The lowest BCUT2D eigenvalue weighted by atomic mass is 9.84. The van der Waals surface area contributed by atoms with Gasteiger partial charge in [-0.25, -0.2) is 0 Å². The van der Waals surface area contributed by atoms with Crippen LogP contribution in [0.1, 0.15) is 34.1 Å². The first-order chi connectivity index (χ1) is 10.8. The molecule has 122 valence electrons. The molecule has 1 aliphatic carbocycles. The van der Waals surface area contributed by atoms with Crippen molar-refractivity contribution in [2.75, 3.05) is 0 Å². The number of carbonyl (C=O) groups is 2. The molecule has 0 aromatic rings. The number of hydrogen-bond acceptors (Lipinski definition) is 3. The zero-order valence-corrected chi connectivity index (χ0v) is 14.6. The molecule has 0 aromatic heterocycles.